The number of hydrogen-bond donors (Lipinski definition) is 0. The SMILES string of the molecule is C=CCOc1cccc(F)c1C1=[C-]C=C(Cl)C(=C)N1CC.[Y]. The van der Waals surface area contributed by atoms with E-state index in [0.717, 1.165) is 0 Å². The fraction of sp³-hybridized carbons (Fsp3) is 0.176. The van der Waals surface area contributed by atoms with E-state index >= 15 is 0 Å². The van der Waals surface area contributed by atoms with E-state index in [1.54, 1.807) is 24.3 Å². The average molecular weight is 394 g/mol. The van der Waals surface area contributed by atoms with Crippen LogP contribution in [0.3, 0.4) is 0 Å². The van der Waals surface area contributed by atoms with Crippen molar-refractivity contribution in [3.05, 3.63) is 71.7 Å². The molecular weight excluding hydrogens is 378 g/mol. The Kier molecular flexibility index (Phi) is 7.54. The van der Waals surface area contributed by atoms with Crippen molar-refractivity contribution < 1.29 is 41.8 Å². The molecule has 1 radical (unpaired) electrons. The van der Waals surface area contributed by atoms with E-state index in [1.807, 2.05) is 11.8 Å². The van der Waals surface area contributed by atoms with Gasteiger partial charge in [-0.25, -0.2) is 4.39 Å². The van der Waals surface area contributed by atoms with Gasteiger partial charge in [-0.1, -0.05) is 31.0 Å². The zero-order valence-corrected chi connectivity index (χ0v) is 16.0. The van der Waals surface area contributed by atoms with Crippen molar-refractivity contribution in [3.8, 4) is 5.75 Å². The van der Waals surface area contributed by atoms with E-state index in [1.165, 1.54) is 6.07 Å². The number of benzene rings is 1. The minimum atomic E-state index is -0.378. The van der Waals surface area contributed by atoms with Gasteiger partial charge in [0.25, 0.3) is 0 Å². The second-order valence-corrected chi connectivity index (χ2v) is 4.80. The molecular formula is C17H16ClFNOY-. The Labute approximate surface area is 160 Å². The number of nitrogens with zero attached hydrogens (tertiary/aromatic N) is 1. The van der Waals surface area contributed by atoms with E-state index in [-0.39, 0.29) is 38.5 Å². The maximum Gasteiger partial charge on any atom is 0.105 e. The first kappa shape index (κ1) is 19.2. The van der Waals surface area contributed by atoms with E-state index in [0.29, 0.717) is 40.9 Å². The van der Waals surface area contributed by atoms with Gasteiger partial charge in [0.15, 0.2) is 0 Å². The van der Waals surface area contributed by atoms with Gasteiger partial charge in [0.1, 0.15) is 6.61 Å². The number of hydrogen-bond acceptors (Lipinski definition) is 2. The Bertz CT molecular complexity index is 640. The van der Waals surface area contributed by atoms with Crippen molar-refractivity contribution in [2.45, 2.75) is 6.92 Å². The fourth-order valence-corrected chi connectivity index (χ4v) is 2.27. The van der Waals surface area contributed by atoms with Crippen LogP contribution in [0, 0.1) is 11.9 Å². The molecule has 113 valence electrons. The molecule has 0 atom stereocenters. The van der Waals surface area contributed by atoms with Gasteiger partial charge in [-0.3, -0.25) is 0 Å². The smallest absolute Gasteiger partial charge is 0.105 e. The summed E-state index contributed by atoms with van der Waals surface area (Å²) in [5, 5.41) is 0.491. The number of rotatable bonds is 5. The van der Waals surface area contributed by atoms with Crippen LogP contribution < -0.4 is 4.74 Å². The average Bonchev–Trinajstić information content (AvgIpc) is 2.48. The third kappa shape index (κ3) is 3.89. The van der Waals surface area contributed by atoms with Crippen LogP contribution in [0.25, 0.3) is 5.70 Å². The van der Waals surface area contributed by atoms with Crippen LogP contribution in [0.5, 0.6) is 5.75 Å². The molecule has 0 saturated carbocycles. The topological polar surface area (TPSA) is 12.5 Å². The van der Waals surface area contributed by atoms with Gasteiger partial charge in [0, 0.05) is 39.3 Å². The summed E-state index contributed by atoms with van der Waals surface area (Å²) >= 11 is 6.06. The van der Waals surface area contributed by atoms with E-state index in [2.05, 4.69) is 19.2 Å². The van der Waals surface area contributed by atoms with E-state index in [4.69, 9.17) is 16.3 Å². The largest absolute Gasteiger partial charge is 0.502 e. The summed E-state index contributed by atoms with van der Waals surface area (Å²) in [4.78, 5) is 1.81. The summed E-state index contributed by atoms with van der Waals surface area (Å²) in [5.74, 6) is 0.0619. The number of ether oxygens (including phenoxy) is 1. The molecule has 0 saturated heterocycles. The van der Waals surface area contributed by atoms with Gasteiger partial charge in [-0.05, 0) is 35.3 Å². The molecule has 0 amide bonds. The summed E-state index contributed by atoms with van der Waals surface area (Å²) in [6.07, 6.45) is 6.22. The molecule has 1 aliphatic heterocycles. The molecule has 1 heterocycles. The number of halogens is 2. The molecule has 5 heteroatoms. The molecule has 0 fully saturated rings. The summed E-state index contributed by atoms with van der Waals surface area (Å²) in [5.41, 5.74) is 1.53. The molecule has 1 aromatic rings. The third-order valence-electron chi connectivity index (χ3n) is 3.09. The summed E-state index contributed by atoms with van der Waals surface area (Å²) in [6.45, 7) is 10.4. The molecule has 0 bridgehead atoms. The molecule has 0 aromatic heterocycles. The monoisotopic (exact) mass is 393 g/mol. The number of allylic oxidation sites excluding steroid dienone is 3. The van der Waals surface area contributed by atoms with Crippen molar-refractivity contribution in [2.24, 2.45) is 0 Å². The van der Waals surface area contributed by atoms with Gasteiger partial charge in [0.05, 0.1) is 11.6 Å². The Hall–Kier alpha value is -0.896. The van der Waals surface area contributed by atoms with Gasteiger partial charge < -0.3 is 9.64 Å². The van der Waals surface area contributed by atoms with Gasteiger partial charge >= 0.3 is 0 Å². The standard InChI is InChI=1S/C17H16ClFNO.Y/c1-4-11-21-16-8-6-7-14(19)17(16)15-10-9-13(18)12(3)20(15)5-2;/h4,6-9H,1,3,5,11H2,2H3;/q-1;. The van der Waals surface area contributed by atoms with Crippen LogP contribution in [0.1, 0.15) is 12.5 Å². The van der Waals surface area contributed by atoms with Gasteiger partial charge in [-0.2, -0.15) is 23.8 Å². The van der Waals surface area contributed by atoms with Gasteiger partial charge in [-0.15, -0.1) is 0 Å². The van der Waals surface area contributed by atoms with Crippen molar-refractivity contribution in [3.63, 3.8) is 0 Å². The van der Waals surface area contributed by atoms with Crippen LogP contribution in [-0.2, 0) is 32.7 Å². The summed E-state index contributed by atoms with van der Waals surface area (Å²) in [6, 6.07) is 4.71. The van der Waals surface area contributed by atoms with Crippen molar-refractivity contribution in [1.29, 1.82) is 0 Å². The quantitative estimate of drug-likeness (QED) is 0.539. The first-order chi connectivity index (χ1) is 10.1. The Morgan fingerprint density at radius 2 is 2.18 bits per heavy atom. The van der Waals surface area contributed by atoms with E-state index < -0.39 is 0 Å². The fourth-order valence-electron chi connectivity index (χ4n) is 2.12. The normalized spacial score (nSPS) is 14.0. The second-order valence-electron chi connectivity index (χ2n) is 4.39. The van der Waals surface area contributed by atoms with Crippen molar-refractivity contribution >= 4 is 17.3 Å². The van der Waals surface area contributed by atoms with Crippen LogP contribution >= 0.6 is 11.6 Å². The molecule has 0 N–H and O–H groups in total. The predicted octanol–water partition coefficient (Wildman–Crippen LogP) is 4.50. The first-order valence-electron chi connectivity index (χ1n) is 6.58. The van der Waals surface area contributed by atoms with Crippen molar-refractivity contribution in [2.75, 3.05) is 13.2 Å². The van der Waals surface area contributed by atoms with Crippen LogP contribution in [-0.4, -0.2) is 18.1 Å². The second kappa shape index (κ2) is 8.66. The third-order valence-corrected chi connectivity index (χ3v) is 3.42. The van der Waals surface area contributed by atoms with E-state index in [9.17, 15) is 4.39 Å². The minimum absolute atomic E-state index is 0. The molecule has 2 rings (SSSR count). The molecule has 0 unspecified atom stereocenters. The first-order valence-corrected chi connectivity index (χ1v) is 6.96. The predicted molar refractivity (Wildman–Crippen MR) is 84.2 cm³/mol. The molecule has 0 aliphatic carbocycles. The zero-order valence-electron chi connectivity index (χ0n) is 12.4. The van der Waals surface area contributed by atoms with Crippen LogP contribution in [0.4, 0.5) is 4.39 Å². The molecule has 0 spiro atoms. The van der Waals surface area contributed by atoms with Crippen LogP contribution in [0.2, 0.25) is 0 Å². The van der Waals surface area contributed by atoms with Gasteiger partial charge in [0.2, 0.25) is 0 Å². The molecule has 1 aromatic carbocycles. The summed E-state index contributed by atoms with van der Waals surface area (Å²) < 4.78 is 19.9. The molecule has 2 nitrogen and oxygen atoms in total. The maximum absolute atomic E-state index is 14.3. The maximum atomic E-state index is 14.3. The Morgan fingerprint density at radius 1 is 1.45 bits per heavy atom. The van der Waals surface area contributed by atoms with Crippen LogP contribution in [0.15, 0.2) is 54.2 Å². The molecule has 22 heavy (non-hydrogen) atoms. The Balaban J connectivity index is 0.00000242. The summed E-state index contributed by atoms with van der Waals surface area (Å²) in [7, 11) is 0. The molecule has 1 aliphatic rings. The Morgan fingerprint density at radius 3 is 2.82 bits per heavy atom. The zero-order chi connectivity index (χ0) is 15.4. The number of likely N-dealkylation sites (N-methyl/N-ethyl adjacent to an activating group) is 1. The minimum Gasteiger partial charge on any atom is -0.502 e. The van der Waals surface area contributed by atoms with Crippen molar-refractivity contribution in [1.82, 2.24) is 4.90 Å².